The Kier molecular flexibility index (Phi) is 6.25. The van der Waals surface area contributed by atoms with E-state index in [0.29, 0.717) is 12.0 Å². The molecule has 150 valence electrons. The van der Waals surface area contributed by atoms with Gasteiger partial charge in [-0.1, -0.05) is 0 Å². The van der Waals surface area contributed by atoms with E-state index in [9.17, 15) is 9.59 Å². The highest BCUT2D eigenvalue weighted by atomic mass is 16.6. The largest absolute Gasteiger partial charge is 0.444 e. The van der Waals surface area contributed by atoms with Crippen molar-refractivity contribution < 1.29 is 9.53 Å². The van der Waals surface area contributed by atoms with Gasteiger partial charge in [-0.25, -0.2) is 4.79 Å². The number of aromatic nitrogens is 1. The van der Waals surface area contributed by atoms with Crippen LogP contribution in [-0.2, 0) is 11.3 Å². The molecule has 2 aliphatic rings. The van der Waals surface area contributed by atoms with E-state index in [2.05, 4.69) is 9.47 Å². The first kappa shape index (κ1) is 19.9. The Morgan fingerprint density at radius 1 is 1.04 bits per heavy atom. The van der Waals surface area contributed by atoms with E-state index in [1.165, 1.54) is 25.7 Å². The third-order valence-corrected chi connectivity index (χ3v) is 5.63. The monoisotopic (exact) mass is 375 g/mol. The summed E-state index contributed by atoms with van der Waals surface area (Å²) < 4.78 is 7.61. The van der Waals surface area contributed by atoms with Crippen molar-refractivity contribution in [2.24, 2.45) is 5.92 Å². The molecule has 0 N–H and O–H groups in total. The number of hydrogen-bond acceptors (Lipinski definition) is 4. The molecule has 0 radical (unpaired) electrons. The Morgan fingerprint density at radius 2 is 1.63 bits per heavy atom. The molecule has 2 fully saturated rings. The first-order valence-corrected chi connectivity index (χ1v) is 10.2. The quantitative estimate of drug-likeness (QED) is 0.815. The number of hydrogen-bond donors (Lipinski definition) is 0. The smallest absolute Gasteiger partial charge is 0.410 e. The Hall–Kier alpha value is -1.82. The molecule has 1 aliphatic carbocycles. The molecule has 6 nitrogen and oxygen atoms in total. The van der Waals surface area contributed by atoms with Crippen LogP contribution in [0.25, 0.3) is 0 Å². The van der Waals surface area contributed by atoms with Crippen molar-refractivity contribution in [3.63, 3.8) is 0 Å². The van der Waals surface area contributed by atoms with Gasteiger partial charge in [-0.05, 0) is 52.4 Å². The lowest BCUT2D eigenvalue weighted by molar-refractivity contribution is 0.00699. The lowest BCUT2D eigenvalue weighted by Crippen LogP contribution is -2.53. The highest BCUT2D eigenvalue weighted by Crippen LogP contribution is 2.29. The van der Waals surface area contributed by atoms with E-state index in [-0.39, 0.29) is 11.5 Å². The summed E-state index contributed by atoms with van der Waals surface area (Å²) in [6.07, 6.45) is 8.49. The fraction of sp³-hybridized carbons (Fsp3) is 0.714. The van der Waals surface area contributed by atoms with Gasteiger partial charge in [0.25, 0.3) is 0 Å². The summed E-state index contributed by atoms with van der Waals surface area (Å²) in [6, 6.07) is 3.90. The molecule has 0 unspecified atom stereocenters. The maximum atomic E-state index is 12.2. The van der Waals surface area contributed by atoms with Gasteiger partial charge in [0.1, 0.15) is 5.60 Å². The summed E-state index contributed by atoms with van der Waals surface area (Å²) in [5, 5.41) is 0. The molecule has 3 rings (SSSR count). The topological polar surface area (TPSA) is 54.8 Å². The standard InChI is InChI=1S/C21H33N3O3/c1-21(2,3)27-20(26)24-14-12-23(13-15-24)18-6-4-17(5-7-18)16-22-10-8-19(25)9-11-22/h8-11,17-18H,4-7,12-16H2,1-3H3/t17-,18-. The molecule has 1 amide bonds. The molecule has 0 aromatic carbocycles. The lowest BCUT2D eigenvalue weighted by atomic mass is 9.85. The average Bonchev–Trinajstić information content (AvgIpc) is 2.63. The van der Waals surface area contributed by atoms with E-state index in [4.69, 9.17) is 4.74 Å². The van der Waals surface area contributed by atoms with Gasteiger partial charge in [0, 0.05) is 63.3 Å². The van der Waals surface area contributed by atoms with Crippen molar-refractivity contribution in [1.82, 2.24) is 14.4 Å². The normalized spacial score (nSPS) is 24.6. The van der Waals surface area contributed by atoms with Crippen LogP contribution >= 0.6 is 0 Å². The zero-order valence-electron chi connectivity index (χ0n) is 16.9. The molecule has 2 heterocycles. The number of rotatable bonds is 3. The van der Waals surface area contributed by atoms with Gasteiger partial charge in [-0.15, -0.1) is 0 Å². The fourth-order valence-corrected chi connectivity index (χ4v) is 4.15. The van der Waals surface area contributed by atoms with Gasteiger partial charge in [0.15, 0.2) is 5.43 Å². The van der Waals surface area contributed by atoms with Crippen LogP contribution in [0, 0.1) is 5.92 Å². The van der Waals surface area contributed by atoms with Crippen molar-refractivity contribution in [2.45, 2.75) is 64.6 Å². The Labute approximate surface area is 162 Å². The van der Waals surface area contributed by atoms with Gasteiger partial charge in [0.05, 0.1) is 0 Å². The van der Waals surface area contributed by atoms with Crippen LogP contribution in [0.15, 0.2) is 29.3 Å². The minimum atomic E-state index is -0.432. The highest BCUT2D eigenvalue weighted by molar-refractivity contribution is 5.68. The molecule has 0 bridgehead atoms. The second-order valence-corrected chi connectivity index (χ2v) is 8.91. The van der Waals surface area contributed by atoms with Gasteiger partial charge >= 0.3 is 6.09 Å². The van der Waals surface area contributed by atoms with Gasteiger partial charge in [-0.3, -0.25) is 9.69 Å². The number of amides is 1. The van der Waals surface area contributed by atoms with Crippen molar-refractivity contribution >= 4 is 6.09 Å². The first-order chi connectivity index (χ1) is 12.8. The maximum absolute atomic E-state index is 12.2. The van der Waals surface area contributed by atoms with Crippen LogP contribution in [0.2, 0.25) is 0 Å². The van der Waals surface area contributed by atoms with E-state index < -0.39 is 5.60 Å². The number of carbonyl (C=O) groups is 1. The summed E-state index contributed by atoms with van der Waals surface area (Å²) in [5.41, 5.74) is -0.362. The number of nitrogens with zero attached hydrogens (tertiary/aromatic N) is 3. The molecule has 1 saturated heterocycles. The predicted octanol–water partition coefficient (Wildman–Crippen LogP) is 2.96. The number of carbonyl (C=O) groups excluding carboxylic acids is 1. The highest BCUT2D eigenvalue weighted by Gasteiger charge is 2.31. The zero-order chi connectivity index (χ0) is 19.4. The van der Waals surface area contributed by atoms with Crippen LogP contribution < -0.4 is 5.43 Å². The van der Waals surface area contributed by atoms with Crippen molar-refractivity contribution in [2.75, 3.05) is 26.2 Å². The lowest BCUT2D eigenvalue weighted by Gasteiger charge is -2.42. The van der Waals surface area contributed by atoms with Crippen molar-refractivity contribution in [3.8, 4) is 0 Å². The SMILES string of the molecule is CC(C)(C)OC(=O)N1CCN([C@H]2CC[C@H](Cn3ccc(=O)cc3)CC2)CC1. The van der Waals surface area contributed by atoms with Crippen molar-refractivity contribution in [1.29, 1.82) is 0 Å². The number of piperazine rings is 1. The van der Waals surface area contributed by atoms with Crippen LogP contribution in [0.1, 0.15) is 46.5 Å². The molecule has 1 aromatic rings. The minimum Gasteiger partial charge on any atom is -0.444 e. The van der Waals surface area contributed by atoms with Crippen LogP contribution in [-0.4, -0.2) is 58.3 Å². The van der Waals surface area contributed by atoms with E-state index in [1.807, 2.05) is 38.1 Å². The summed E-state index contributed by atoms with van der Waals surface area (Å²) in [4.78, 5) is 27.8. The summed E-state index contributed by atoms with van der Waals surface area (Å²) >= 11 is 0. The first-order valence-electron chi connectivity index (χ1n) is 10.2. The molecule has 1 aliphatic heterocycles. The molecule has 0 spiro atoms. The molecule has 6 heteroatoms. The Morgan fingerprint density at radius 3 is 2.19 bits per heavy atom. The van der Waals surface area contributed by atoms with Gasteiger partial charge < -0.3 is 14.2 Å². The maximum Gasteiger partial charge on any atom is 0.410 e. The minimum absolute atomic E-state index is 0.0699. The van der Waals surface area contributed by atoms with E-state index in [0.717, 1.165) is 32.7 Å². The second-order valence-electron chi connectivity index (χ2n) is 8.91. The number of pyridine rings is 1. The summed E-state index contributed by atoms with van der Waals surface area (Å²) in [5.74, 6) is 0.687. The molecular formula is C21H33N3O3. The third-order valence-electron chi connectivity index (χ3n) is 5.63. The summed E-state index contributed by atoms with van der Waals surface area (Å²) in [7, 11) is 0. The van der Waals surface area contributed by atoms with Crippen LogP contribution in [0.3, 0.4) is 0 Å². The van der Waals surface area contributed by atoms with Crippen molar-refractivity contribution in [3.05, 3.63) is 34.7 Å². The third kappa shape index (κ3) is 5.83. The summed E-state index contributed by atoms with van der Waals surface area (Å²) in [6.45, 7) is 10.1. The molecule has 27 heavy (non-hydrogen) atoms. The van der Waals surface area contributed by atoms with Gasteiger partial charge in [-0.2, -0.15) is 0 Å². The molecular weight excluding hydrogens is 342 g/mol. The van der Waals surface area contributed by atoms with Gasteiger partial charge in [0.2, 0.25) is 0 Å². The molecule has 1 saturated carbocycles. The van der Waals surface area contributed by atoms with Crippen LogP contribution in [0.5, 0.6) is 0 Å². The Balaban J connectivity index is 1.41. The predicted molar refractivity (Wildman–Crippen MR) is 106 cm³/mol. The van der Waals surface area contributed by atoms with E-state index in [1.54, 1.807) is 12.1 Å². The fourth-order valence-electron chi connectivity index (χ4n) is 4.15. The molecule has 1 aromatic heterocycles. The van der Waals surface area contributed by atoms with Crippen LogP contribution in [0.4, 0.5) is 4.79 Å². The molecule has 0 atom stereocenters. The number of ether oxygens (including phenoxy) is 1. The average molecular weight is 376 g/mol. The second kappa shape index (κ2) is 8.46. The Bertz CT molecular complexity index is 658. The van der Waals surface area contributed by atoms with E-state index >= 15 is 0 Å². The zero-order valence-corrected chi connectivity index (χ0v) is 16.9.